The minimum absolute atomic E-state index is 0.252. The van der Waals surface area contributed by atoms with Crippen molar-refractivity contribution in [2.75, 3.05) is 5.73 Å². The third-order valence-electron chi connectivity index (χ3n) is 3.34. The van der Waals surface area contributed by atoms with E-state index in [2.05, 4.69) is 0 Å². The van der Waals surface area contributed by atoms with Crippen molar-refractivity contribution in [3.8, 4) is 0 Å². The second kappa shape index (κ2) is 7.29. The topological polar surface area (TPSA) is 55.6 Å². The molecule has 0 aliphatic heterocycles. The summed E-state index contributed by atoms with van der Waals surface area (Å²) in [4.78, 5) is 17.9. The number of nitrogens with zero attached hydrogens (tertiary/aromatic N) is 1. The summed E-state index contributed by atoms with van der Waals surface area (Å²) < 4.78 is 0. The second-order valence-corrected chi connectivity index (χ2v) is 6.66. The van der Waals surface area contributed by atoms with E-state index in [-0.39, 0.29) is 5.97 Å². The van der Waals surface area contributed by atoms with Crippen molar-refractivity contribution < 1.29 is 9.63 Å². The number of hydrogen-bond acceptors (Lipinski definition) is 4. The fraction of sp³-hybridized carbons (Fsp3) is 0.316. The van der Waals surface area contributed by atoms with E-state index >= 15 is 0 Å². The lowest BCUT2D eigenvalue weighted by atomic mass is 9.98. The number of anilines is 1. The van der Waals surface area contributed by atoms with Gasteiger partial charge in [0.25, 0.3) is 0 Å². The molecule has 23 heavy (non-hydrogen) atoms. The van der Waals surface area contributed by atoms with Gasteiger partial charge in [-0.1, -0.05) is 42.5 Å². The number of benzene rings is 2. The minimum atomic E-state index is -0.551. The highest BCUT2D eigenvalue weighted by Crippen LogP contribution is 2.19. The third kappa shape index (κ3) is 5.42. The summed E-state index contributed by atoms with van der Waals surface area (Å²) in [6, 6.07) is 17.5. The minimum Gasteiger partial charge on any atom is -0.399 e. The summed E-state index contributed by atoms with van der Waals surface area (Å²) in [7, 11) is 0. The van der Waals surface area contributed by atoms with E-state index in [1.54, 1.807) is 5.06 Å². The predicted octanol–water partition coefficient (Wildman–Crippen LogP) is 3.78. The lowest BCUT2D eigenvalue weighted by molar-refractivity contribution is -0.206. The standard InChI is InChI=1S/C19H24N2O2/c1-19(2,3)18(22)23-21(13-15-8-5-4-6-9-15)14-16-10-7-11-17(20)12-16/h4-12H,13-14,20H2,1-3H3. The fourth-order valence-electron chi connectivity index (χ4n) is 2.06. The van der Waals surface area contributed by atoms with Crippen LogP contribution in [0.1, 0.15) is 31.9 Å². The highest BCUT2D eigenvalue weighted by atomic mass is 16.7. The molecule has 4 heteroatoms. The zero-order chi connectivity index (χ0) is 16.9. The third-order valence-corrected chi connectivity index (χ3v) is 3.34. The lowest BCUT2D eigenvalue weighted by Gasteiger charge is -2.25. The number of hydroxylamine groups is 2. The normalized spacial score (nSPS) is 11.5. The molecule has 2 aromatic rings. The van der Waals surface area contributed by atoms with E-state index in [1.165, 1.54) is 0 Å². The Bertz CT molecular complexity index is 648. The van der Waals surface area contributed by atoms with Gasteiger partial charge in [-0.05, 0) is 44.0 Å². The molecule has 0 unspecified atom stereocenters. The number of carbonyl (C=O) groups excluding carboxylic acids is 1. The van der Waals surface area contributed by atoms with Crippen LogP contribution in [0.3, 0.4) is 0 Å². The van der Waals surface area contributed by atoms with Gasteiger partial charge in [0, 0.05) is 5.69 Å². The molecule has 0 atom stereocenters. The highest BCUT2D eigenvalue weighted by Gasteiger charge is 2.26. The molecule has 0 aliphatic rings. The molecular weight excluding hydrogens is 288 g/mol. The van der Waals surface area contributed by atoms with Gasteiger partial charge in [-0.25, -0.2) is 4.79 Å². The lowest BCUT2D eigenvalue weighted by Crippen LogP contribution is -2.33. The second-order valence-electron chi connectivity index (χ2n) is 6.66. The molecule has 0 spiro atoms. The smallest absolute Gasteiger partial charge is 0.330 e. The van der Waals surface area contributed by atoms with Crippen molar-refractivity contribution in [1.82, 2.24) is 5.06 Å². The molecule has 0 radical (unpaired) electrons. The monoisotopic (exact) mass is 312 g/mol. The Labute approximate surface area is 137 Å². The van der Waals surface area contributed by atoms with Gasteiger partial charge in [0.2, 0.25) is 0 Å². The Balaban J connectivity index is 2.15. The Morgan fingerprint density at radius 3 is 2.22 bits per heavy atom. The van der Waals surface area contributed by atoms with Crippen LogP contribution in [0.5, 0.6) is 0 Å². The number of nitrogen functional groups attached to an aromatic ring is 1. The van der Waals surface area contributed by atoms with Gasteiger partial charge < -0.3 is 10.6 Å². The van der Waals surface area contributed by atoms with Gasteiger partial charge in [0.1, 0.15) is 0 Å². The first-order valence-electron chi connectivity index (χ1n) is 7.70. The van der Waals surface area contributed by atoms with Crippen LogP contribution in [0, 0.1) is 5.41 Å². The SMILES string of the molecule is CC(C)(C)C(=O)ON(Cc1ccccc1)Cc1cccc(N)c1. The average Bonchev–Trinajstić information content (AvgIpc) is 2.47. The molecule has 0 aliphatic carbocycles. The number of hydrogen-bond donors (Lipinski definition) is 1. The fourth-order valence-corrected chi connectivity index (χ4v) is 2.06. The summed E-state index contributed by atoms with van der Waals surface area (Å²) in [6.07, 6.45) is 0. The van der Waals surface area contributed by atoms with E-state index in [0.717, 1.165) is 11.1 Å². The Kier molecular flexibility index (Phi) is 5.40. The zero-order valence-corrected chi connectivity index (χ0v) is 14.0. The van der Waals surface area contributed by atoms with Gasteiger partial charge in [-0.2, -0.15) is 0 Å². The van der Waals surface area contributed by atoms with Crippen molar-refractivity contribution >= 4 is 11.7 Å². The molecule has 0 amide bonds. The van der Waals surface area contributed by atoms with Crippen molar-refractivity contribution in [3.63, 3.8) is 0 Å². The largest absolute Gasteiger partial charge is 0.399 e. The molecule has 0 bridgehead atoms. The number of carbonyl (C=O) groups is 1. The van der Waals surface area contributed by atoms with Crippen molar-refractivity contribution in [2.45, 2.75) is 33.9 Å². The maximum atomic E-state index is 12.2. The molecular formula is C19H24N2O2. The number of nitrogens with two attached hydrogens (primary N) is 1. The zero-order valence-electron chi connectivity index (χ0n) is 14.0. The predicted molar refractivity (Wildman–Crippen MR) is 92.1 cm³/mol. The molecule has 2 N–H and O–H groups in total. The molecule has 0 saturated carbocycles. The van der Waals surface area contributed by atoms with Gasteiger partial charge in [0.05, 0.1) is 18.5 Å². The van der Waals surface area contributed by atoms with Gasteiger partial charge in [-0.15, -0.1) is 5.06 Å². The molecule has 0 heterocycles. The van der Waals surface area contributed by atoms with Gasteiger partial charge in [0.15, 0.2) is 0 Å². The van der Waals surface area contributed by atoms with E-state index in [4.69, 9.17) is 10.6 Å². The van der Waals surface area contributed by atoms with Crippen LogP contribution < -0.4 is 5.73 Å². The van der Waals surface area contributed by atoms with Crippen LogP contribution >= 0.6 is 0 Å². The number of rotatable bonds is 5. The van der Waals surface area contributed by atoms with Crippen molar-refractivity contribution in [3.05, 3.63) is 65.7 Å². The van der Waals surface area contributed by atoms with Crippen LogP contribution in [-0.4, -0.2) is 11.0 Å². The van der Waals surface area contributed by atoms with E-state index in [9.17, 15) is 4.79 Å². The molecule has 0 aromatic heterocycles. The van der Waals surface area contributed by atoms with Gasteiger partial charge >= 0.3 is 5.97 Å². The van der Waals surface area contributed by atoms with Crippen LogP contribution in [-0.2, 0) is 22.7 Å². The van der Waals surface area contributed by atoms with Gasteiger partial charge in [-0.3, -0.25) is 0 Å². The molecule has 2 rings (SSSR count). The first kappa shape index (κ1) is 17.0. The molecule has 0 fully saturated rings. The molecule has 122 valence electrons. The summed E-state index contributed by atoms with van der Waals surface area (Å²) in [5.74, 6) is -0.252. The summed E-state index contributed by atoms with van der Waals surface area (Å²) in [5.41, 5.74) is 8.06. The first-order valence-corrected chi connectivity index (χ1v) is 7.70. The maximum Gasteiger partial charge on any atom is 0.330 e. The average molecular weight is 312 g/mol. The molecule has 4 nitrogen and oxygen atoms in total. The first-order chi connectivity index (χ1) is 10.8. The summed E-state index contributed by atoms with van der Waals surface area (Å²) in [5, 5.41) is 1.68. The maximum absolute atomic E-state index is 12.2. The van der Waals surface area contributed by atoms with E-state index in [0.29, 0.717) is 18.8 Å². The van der Waals surface area contributed by atoms with Crippen LogP contribution in [0.15, 0.2) is 54.6 Å². The summed E-state index contributed by atoms with van der Waals surface area (Å²) in [6.45, 7) is 6.54. The van der Waals surface area contributed by atoms with Crippen LogP contribution in [0.25, 0.3) is 0 Å². The van der Waals surface area contributed by atoms with E-state index in [1.807, 2.05) is 75.4 Å². The van der Waals surface area contributed by atoms with E-state index < -0.39 is 5.41 Å². The molecule has 2 aromatic carbocycles. The van der Waals surface area contributed by atoms with Crippen LogP contribution in [0.2, 0.25) is 0 Å². The van der Waals surface area contributed by atoms with Crippen molar-refractivity contribution in [2.24, 2.45) is 5.41 Å². The van der Waals surface area contributed by atoms with Crippen LogP contribution in [0.4, 0.5) is 5.69 Å². The Hall–Kier alpha value is -2.33. The Morgan fingerprint density at radius 2 is 1.61 bits per heavy atom. The Morgan fingerprint density at radius 1 is 1.00 bits per heavy atom. The van der Waals surface area contributed by atoms with Crippen molar-refractivity contribution in [1.29, 1.82) is 0 Å². The molecule has 0 saturated heterocycles. The highest BCUT2D eigenvalue weighted by molar-refractivity contribution is 5.75. The quantitative estimate of drug-likeness (QED) is 0.674. The summed E-state index contributed by atoms with van der Waals surface area (Å²) >= 11 is 0.